The highest BCUT2D eigenvalue weighted by Crippen LogP contribution is 2.31. The van der Waals surface area contributed by atoms with Gasteiger partial charge in [-0.3, -0.25) is 9.59 Å². The smallest absolute Gasteiger partial charge is 0.307 e. The van der Waals surface area contributed by atoms with Crippen molar-refractivity contribution < 1.29 is 28.5 Å². The van der Waals surface area contributed by atoms with Crippen LogP contribution in [0.2, 0.25) is 0 Å². The summed E-state index contributed by atoms with van der Waals surface area (Å²) in [5.74, 6) is 1.22. The lowest BCUT2D eigenvalue weighted by atomic mass is 10.0. The molecular formula is C22H27NO6. The third-order valence-corrected chi connectivity index (χ3v) is 4.56. The maximum absolute atomic E-state index is 12.6. The van der Waals surface area contributed by atoms with E-state index >= 15 is 0 Å². The van der Waals surface area contributed by atoms with Crippen LogP contribution in [0.3, 0.4) is 0 Å². The van der Waals surface area contributed by atoms with Gasteiger partial charge in [0.05, 0.1) is 40.9 Å². The van der Waals surface area contributed by atoms with Gasteiger partial charge >= 0.3 is 5.97 Å². The molecule has 156 valence electrons. The van der Waals surface area contributed by atoms with Gasteiger partial charge < -0.3 is 24.3 Å². The van der Waals surface area contributed by atoms with Gasteiger partial charge in [-0.05, 0) is 35.7 Å². The van der Waals surface area contributed by atoms with Crippen molar-refractivity contribution in [2.45, 2.75) is 25.3 Å². The van der Waals surface area contributed by atoms with Crippen LogP contribution in [0.1, 0.15) is 30.0 Å². The van der Waals surface area contributed by atoms with Crippen molar-refractivity contribution in [1.82, 2.24) is 5.32 Å². The molecule has 0 aliphatic rings. The Morgan fingerprint density at radius 1 is 0.897 bits per heavy atom. The molecule has 0 saturated carbocycles. The lowest BCUT2D eigenvalue weighted by Gasteiger charge is -2.20. The van der Waals surface area contributed by atoms with Crippen molar-refractivity contribution in [2.24, 2.45) is 0 Å². The van der Waals surface area contributed by atoms with Gasteiger partial charge in [0, 0.05) is 6.42 Å². The van der Waals surface area contributed by atoms with Gasteiger partial charge in [-0.25, -0.2) is 0 Å². The molecule has 0 bridgehead atoms. The molecular weight excluding hydrogens is 374 g/mol. The van der Waals surface area contributed by atoms with E-state index in [2.05, 4.69) is 5.32 Å². The fourth-order valence-corrected chi connectivity index (χ4v) is 3.00. The predicted molar refractivity (Wildman–Crippen MR) is 108 cm³/mol. The molecule has 1 atom stereocenters. The van der Waals surface area contributed by atoms with Crippen LogP contribution in [0.15, 0.2) is 42.5 Å². The number of esters is 1. The first-order chi connectivity index (χ1) is 14.0. The Hall–Kier alpha value is -3.22. The molecule has 1 amide bonds. The zero-order valence-corrected chi connectivity index (χ0v) is 17.2. The Labute approximate surface area is 170 Å². The van der Waals surface area contributed by atoms with Gasteiger partial charge in [0.1, 0.15) is 5.75 Å². The summed E-state index contributed by atoms with van der Waals surface area (Å²) in [5.41, 5.74) is 1.67. The Morgan fingerprint density at radius 2 is 1.59 bits per heavy atom. The number of hydrogen-bond acceptors (Lipinski definition) is 6. The van der Waals surface area contributed by atoms with Crippen molar-refractivity contribution in [2.75, 3.05) is 28.4 Å². The maximum Gasteiger partial charge on any atom is 0.307 e. The summed E-state index contributed by atoms with van der Waals surface area (Å²) >= 11 is 0. The number of rotatable bonds is 10. The third-order valence-electron chi connectivity index (χ3n) is 4.56. The molecule has 7 nitrogen and oxygen atoms in total. The molecule has 1 N–H and O–H groups in total. The summed E-state index contributed by atoms with van der Waals surface area (Å²) in [7, 11) is 5.99. The number of carbonyl (C=O) groups excluding carboxylic acids is 2. The molecule has 0 radical (unpaired) electrons. The van der Waals surface area contributed by atoms with Crippen LogP contribution >= 0.6 is 0 Å². The summed E-state index contributed by atoms with van der Waals surface area (Å²) < 4.78 is 20.7. The Bertz CT molecular complexity index is 836. The molecule has 0 spiro atoms. The fraction of sp³-hybridized carbons (Fsp3) is 0.364. The van der Waals surface area contributed by atoms with Gasteiger partial charge in [0.2, 0.25) is 5.91 Å². The van der Waals surface area contributed by atoms with Gasteiger partial charge in [0.15, 0.2) is 11.5 Å². The zero-order valence-electron chi connectivity index (χ0n) is 17.2. The van der Waals surface area contributed by atoms with E-state index in [1.54, 1.807) is 32.4 Å². The van der Waals surface area contributed by atoms with E-state index in [1.165, 1.54) is 14.2 Å². The number of benzene rings is 2. The summed E-state index contributed by atoms with van der Waals surface area (Å²) in [6, 6.07) is 12.3. The summed E-state index contributed by atoms with van der Waals surface area (Å²) in [6.07, 6.45) is 0.782. The minimum atomic E-state index is -0.549. The molecule has 0 heterocycles. The van der Waals surface area contributed by atoms with Crippen LogP contribution < -0.4 is 19.5 Å². The monoisotopic (exact) mass is 401 g/mol. The van der Waals surface area contributed by atoms with Crippen molar-refractivity contribution in [3.05, 3.63) is 53.6 Å². The number of carbonyl (C=O) groups is 2. The fourth-order valence-electron chi connectivity index (χ4n) is 3.00. The van der Waals surface area contributed by atoms with E-state index < -0.39 is 12.0 Å². The quantitative estimate of drug-likeness (QED) is 0.616. The first kappa shape index (κ1) is 22.1. The van der Waals surface area contributed by atoms with Gasteiger partial charge in [-0.2, -0.15) is 0 Å². The van der Waals surface area contributed by atoms with E-state index in [9.17, 15) is 9.59 Å². The van der Waals surface area contributed by atoms with Gasteiger partial charge in [0.25, 0.3) is 0 Å². The van der Waals surface area contributed by atoms with Crippen LogP contribution in [0, 0.1) is 0 Å². The van der Waals surface area contributed by atoms with Crippen LogP contribution in [0.25, 0.3) is 0 Å². The second-order valence-corrected chi connectivity index (χ2v) is 6.33. The standard InChI is InChI=1S/C22H27NO6/c1-26-18-8-6-5-7-15(18)10-12-21(24)23-17(14-22(25)29-4)16-9-11-19(27-2)20(13-16)28-3/h5-9,11,13,17H,10,12,14H2,1-4H3,(H,23,24)/t17-/m1/s1. The highest BCUT2D eigenvalue weighted by molar-refractivity contribution is 5.78. The Kier molecular flexibility index (Phi) is 8.33. The second kappa shape index (κ2) is 10.9. The lowest BCUT2D eigenvalue weighted by molar-refractivity contribution is -0.141. The lowest BCUT2D eigenvalue weighted by Crippen LogP contribution is -2.30. The summed E-state index contributed by atoms with van der Waals surface area (Å²) in [4.78, 5) is 24.5. The highest BCUT2D eigenvalue weighted by atomic mass is 16.5. The Morgan fingerprint density at radius 3 is 2.24 bits per heavy atom. The van der Waals surface area contributed by atoms with Crippen molar-refractivity contribution in [3.8, 4) is 17.2 Å². The van der Waals surface area contributed by atoms with Gasteiger partial charge in [-0.1, -0.05) is 24.3 Å². The molecule has 0 saturated heterocycles. The molecule has 29 heavy (non-hydrogen) atoms. The average Bonchev–Trinajstić information content (AvgIpc) is 2.76. The van der Waals surface area contributed by atoms with Crippen molar-refractivity contribution >= 4 is 11.9 Å². The number of ether oxygens (including phenoxy) is 4. The predicted octanol–water partition coefficient (Wildman–Crippen LogP) is 3.07. The largest absolute Gasteiger partial charge is 0.496 e. The summed E-state index contributed by atoms with van der Waals surface area (Å²) in [6.45, 7) is 0. The van der Waals surface area contributed by atoms with Crippen LogP contribution in [-0.2, 0) is 20.7 Å². The SMILES string of the molecule is COC(=O)C[C@@H](NC(=O)CCc1ccccc1OC)c1ccc(OC)c(OC)c1. The van der Waals surface area contributed by atoms with E-state index in [0.717, 1.165) is 16.9 Å². The van der Waals surface area contributed by atoms with Crippen LogP contribution in [0.5, 0.6) is 17.2 Å². The number of hydrogen-bond donors (Lipinski definition) is 1. The zero-order chi connectivity index (χ0) is 21.2. The molecule has 0 aromatic heterocycles. The van der Waals surface area contributed by atoms with Crippen LogP contribution in [0.4, 0.5) is 0 Å². The maximum atomic E-state index is 12.6. The molecule has 7 heteroatoms. The Balaban J connectivity index is 2.13. The van der Waals surface area contributed by atoms with Crippen molar-refractivity contribution in [1.29, 1.82) is 0 Å². The van der Waals surface area contributed by atoms with E-state index in [4.69, 9.17) is 18.9 Å². The number of aryl methyl sites for hydroxylation is 1. The highest BCUT2D eigenvalue weighted by Gasteiger charge is 2.21. The topological polar surface area (TPSA) is 83.1 Å². The minimum Gasteiger partial charge on any atom is -0.496 e. The minimum absolute atomic E-state index is 0.00633. The first-order valence-corrected chi connectivity index (χ1v) is 9.22. The molecule has 2 aromatic rings. The third kappa shape index (κ3) is 6.14. The van der Waals surface area contributed by atoms with Crippen molar-refractivity contribution in [3.63, 3.8) is 0 Å². The van der Waals surface area contributed by atoms with Crippen LogP contribution in [-0.4, -0.2) is 40.3 Å². The molecule has 0 aliphatic carbocycles. The molecule has 2 rings (SSSR count). The second-order valence-electron chi connectivity index (χ2n) is 6.33. The number of amides is 1. The molecule has 0 aliphatic heterocycles. The van der Waals surface area contributed by atoms with Gasteiger partial charge in [-0.15, -0.1) is 0 Å². The average molecular weight is 401 g/mol. The van der Waals surface area contributed by atoms with E-state index in [-0.39, 0.29) is 18.7 Å². The van der Waals surface area contributed by atoms with E-state index in [1.807, 2.05) is 24.3 Å². The number of nitrogens with one attached hydrogen (secondary N) is 1. The molecule has 2 aromatic carbocycles. The molecule has 0 fully saturated rings. The normalized spacial score (nSPS) is 11.3. The first-order valence-electron chi connectivity index (χ1n) is 9.22. The number of para-hydroxylation sites is 1. The number of methoxy groups -OCH3 is 4. The summed E-state index contributed by atoms with van der Waals surface area (Å²) in [5, 5.41) is 2.92. The molecule has 0 unspecified atom stereocenters. The van der Waals surface area contributed by atoms with E-state index in [0.29, 0.717) is 17.9 Å².